The quantitative estimate of drug-likeness (QED) is 0.192. The van der Waals surface area contributed by atoms with Crippen LogP contribution in [-0.4, -0.2) is 15.0 Å². The zero-order valence-corrected chi connectivity index (χ0v) is 27.1. The van der Waals surface area contributed by atoms with E-state index in [1.807, 2.05) is 60.7 Å². The van der Waals surface area contributed by atoms with Gasteiger partial charge >= 0.3 is 0 Å². The standard InChI is InChI=1S/C46H30N4/c1-3-15-31(16-4-1)43-47-44(32-17-5-2-6-18-32)49-45(48-43)33-27-29-34(30-28-33)50-41-25-13-11-23-39(41)46(40-24-12-14-26-42(40)50)37-21-9-7-19-35(37)36-20-8-10-22-38(36)46/h1-30H. The van der Waals surface area contributed by atoms with Gasteiger partial charge in [0.1, 0.15) is 0 Å². The number of benzene rings is 7. The molecule has 0 unspecified atom stereocenters. The van der Waals surface area contributed by atoms with E-state index in [1.165, 1.54) is 44.8 Å². The highest BCUT2D eigenvalue weighted by Gasteiger charge is 2.51. The molecule has 1 aliphatic heterocycles. The summed E-state index contributed by atoms with van der Waals surface area (Å²) in [6.45, 7) is 0. The number of rotatable bonds is 4. The van der Waals surface area contributed by atoms with Crippen molar-refractivity contribution in [2.75, 3.05) is 4.90 Å². The Balaban J connectivity index is 1.13. The summed E-state index contributed by atoms with van der Waals surface area (Å²) >= 11 is 0. The first-order valence-corrected chi connectivity index (χ1v) is 17.0. The second kappa shape index (κ2) is 11.2. The van der Waals surface area contributed by atoms with Crippen LogP contribution in [0.3, 0.4) is 0 Å². The monoisotopic (exact) mass is 638 g/mol. The molecule has 1 aromatic heterocycles. The first-order chi connectivity index (χ1) is 24.8. The van der Waals surface area contributed by atoms with Crippen LogP contribution in [-0.2, 0) is 5.41 Å². The topological polar surface area (TPSA) is 41.9 Å². The van der Waals surface area contributed by atoms with Gasteiger partial charge in [-0.25, -0.2) is 15.0 Å². The zero-order chi connectivity index (χ0) is 33.1. The minimum atomic E-state index is -0.427. The SMILES string of the molecule is c1ccc(-c2nc(-c3ccccc3)nc(-c3ccc(N4c5ccccc5C5(c6ccccc6-c6ccccc65)c5ccccc54)cc3)n2)cc1. The Bertz CT molecular complexity index is 2390. The molecule has 0 fully saturated rings. The fraction of sp³-hybridized carbons (Fsp3) is 0.0217. The third kappa shape index (κ3) is 4.15. The van der Waals surface area contributed by atoms with E-state index in [0.717, 1.165) is 22.4 Å². The Morgan fingerprint density at radius 3 is 1.14 bits per heavy atom. The predicted molar refractivity (Wildman–Crippen MR) is 202 cm³/mol. The molecule has 2 aliphatic rings. The number of hydrogen-bond acceptors (Lipinski definition) is 4. The van der Waals surface area contributed by atoms with Crippen LogP contribution in [0.2, 0.25) is 0 Å². The highest BCUT2D eigenvalue weighted by molar-refractivity contribution is 5.95. The minimum Gasteiger partial charge on any atom is -0.310 e. The van der Waals surface area contributed by atoms with Crippen molar-refractivity contribution in [1.82, 2.24) is 15.0 Å². The Labute approximate surface area is 291 Å². The molecule has 4 nitrogen and oxygen atoms in total. The third-order valence-electron chi connectivity index (χ3n) is 10.1. The number of hydrogen-bond donors (Lipinski definition) is 0. The van der Waals surface area contributed by atoms with E-state index in [0.29, 0.717) is 17.5 Å². The molecule has 8 aromatic rings. The van der Waals surface area contributed by atoms with Gasteiger partial charge in [-0.3, -0.25) is 0 Å². The molecule has 2 heterocycles. The fourth-order valence-electron chi connectivity index (χ4n) is 8.04. The molecule has 0 saturated heterocycles. The van der Waals surface area contributed by atoms with Crippen molar-refractivity contribution in [1.29, 1.82) is 0 Å². The summed E-state index contributed by atoms with van der Waals surface area (Å²) in [5.74, 6) is 1.95. The van der Waals surface area contributed by atoms with Gasteiger partial charge in [0.25, 0.3) is 0 Å². The van der Waals surface area contributed by atoms with Crippen LogP contribution >= 0.6 is 0 Å². The summed E-state index contributed by atoms with van der Waals surface area (Å²) in [5.41, 5.74) is 13.6. The average Bonchev–Trinajstić information content (AvgIpc) is 3.49. The maximum absolute atomic E-state index is 4.97. The van der Waals surface area contributed by atoms with Crippen molar-refractivity contribution >= 4 is 17.1 Å². The number of aromatic nitrogens is 3. The summed E-state index contributed by atoms with van der Waals surface area (Å²) in [7, 11) is 0. The number of para-hydroxylation sites is 2. The van der Waals surface area contributed by atoms with Crippen LogP contribution in [0.5, 0.6) is 0 Å². The van der Waals surface area contributed by atoms with Gasteiger partial charge < -0.3 is 4.90 Å². The first-order valence-electron chi connectivity index (χ1n) is 17.0. The molecular weight excluding hydrogens is 609 g/mol. The van der Waals surface area contributed by atoms with Gasteiger partial charge in [-0.2, -0.15) is 0 Å². The molecule has 0 amide bonds. The molecule has 1 spiro atoms. The lowest BCUT2D eigenvalue weighted by Gasteiger charge is -2.45. The predicted octanol–water partition coefficient (Wildman–Crippen LogP) is 11.0. The van der Waals surface area contributed by atoms with Crippen LogP contribution in [0.25, 0.3) is 45.3 Å². The lowest BCUT2D eigenvalue weighted by atomic mass is 9.64. The lowest BCUT2D eigenvalue weighted by Crippen LogP contribution is -2.36. The summed E-state index contributed by atoms with van der Waals surface area (Å²) < 4.78 is 0. The van der Waals surface area contributed by atoms with Gasteiger partial charge in [-0.1, -0.05) is 146 Å². The van der Waals surface area contributed by atoms with Gasteiger partial charge in [-0.05, 0) is 69.8 Å². The molecule has 1 aliphatic carbocycles. The van der Waals surface area contributed by atoms with Gasteiger partial charge in [-0.15, -0.1) is 0 Å². The molecule has 0 bridgehead atoms. The Hall–Kier alpha value is -6.65. The molecule has 7 aromatic carbocycles. The van der Waals surface area contributed by atoms with Crippen molar-refractivity contribution in [3.63, 3.8) is 0 Å². The van der Waals surface area contributed by atoms with Gasteiger partial charge in [0.05, 0.1) is 16.8 Å². The maximum atomic E-state index is 4.97. The van der Waals surface area contributed by atoms with Crippen molar-refractivity contribution in [2.45, 2.75) is 5.41 Å². The third-order valence-corrected chi connectivity index (χ3v) is 10.1. The molecule has 0 atom stereocenters. The Kier molecular flexibility index (Phi) is 6.36. The van der Waals surface area contributed by atoms with E-state index in [4.69, 9.17) is 15.0 Å². The van der Waals surface area contributed by atoms with Crippen LogP contribution in [0, 0.1) is 0 Å². The van der Waals surface area contributed by atoms with E-state index in [-0.39, 0.29) is 0 Å². The van der Waals surface area contributed by atoms with E-state index < -0.39 is 5.41 Å². The van der Waals surface area contributed by atoms with Gasteiger partial charge in [0, 0.05) is 22.4 Å². The average molecular weight is 639 g/mol. The van der Waals surface area contributed by atoms with Crippen molar-refractivity contribution < 1.29 is 0 Å². The Morgan fingerprint density at radius 1 is 0.320 bits per heavy atom. The van der Waals surface area contributed by atoms with Crippen molar-refractivity contribution in [3.05, 3.63) is 204 Å². The van der Waals surface area contributed by atoms with Crippen molar-refractivity contribution in [2.24, 2.45) is 0 Å². The molecule has 4 heteroatoms. The fourth-order valence-corrected chi connectivity index (χ4v) is 8.04. The van der Waals surface area contributed by atoms with Crippen LogP contribution < -0.4 is 4.90 Å². The minimum absolute atomic E-state index is 0.427. The van der Waals surface area contributed by atoms with Crippen LogP contribution in [0.1, 0.15) is 22.3 Å². The summed E-state index contributed by atoms with van der Waals surface area (Å²) in [5, 5.41) is 0. The molecule has 0 radical (unpaired) electrons. The van der Waals surface area contributed by atoms with Gasteiger partial charge in [0.15, 0.2) is 17.5 Å². The molecule has 0 N–H and O–H groups in total. The number of fused-ring (bicyclic) bond motifs is 9. The smallest absolute Gasteiger partial charge is 0.164 e. The van der Waals surface area contributed by atoms with E-state index in [1.54, 1.807) is 0 Å². The summed E-state index contributed by atoms with van der Waals surface area (Å²) in [6, 6.07) is 64.5. The maximum Gasteiger partial charge on any atom is 0.164 e. The highest BCUT2D eigenvalue weighted by Crippen LogP contribution is 2.63. The first kappa shape index (κ1) is 28.4. The van der Waals surface area contributed by atoms with Crippen LogP contribution in [0.15, 0.2) is 182 Å². The molecular formula is C46H30N4. The summed E-state index contributed by atoms with van der Waals surface area (Å²) in [6.07, 6.45) is 0. The van der Waals surface area contributed by atoms with E-state index in [9.17, 15) is 0 Å². The second-order valence-corrected chi connectivity index (χ2v) is 12.8. The summed E-state index contributed by atoms with van der Waals surface area (Å²) in [4.78, 5) is 17.2. The zero-order valence-electron chi connectivity index (χ0n) is 27.1. The lowest BCUT2D eigenvalue weighted by molar-refractivity contribution is 0.752. The largest absolute Gasteiger partial charge is 0.310 e. The number of nitrogens with zero attached hydrogens (tertiary/aromatic N) is 4. The molecule has 50 heavy (non-hydrogen) atoms. The molecule has 234 valence electrons. The number of anilines is 3. The van der Waals surface area contributed by atoms with E-state index in [2.05, 4.69) is 126 Å². The van der Waals surface area contributed by atoms with E-state index >= 15 is 0 Å². The Morgan fingerprint density at radius 2 is 0.680 bits per heavy atom. The van der Waals surface area contributed by atoms with Crippen LogP contribution in [0.4, 0.5) is 17.1 Å². The second-order valence-electron chi connectivity index (χ2n) is 12.8. The normalized spacial score (nSPS) is 13.3. The molecule has 10 rings (SSSR count). The van der Waals surface area contributed by atoms with Crippen molar-refractivity contribution in [3.8, 4) is 45.3 Å². The molecule has 0 saturated carbocycles. The highest BCUT2D eigenvalue weighted by atomic mass is 15.2. The van der Waals surface area contributed by atoms with Gasteiger partial charge in [0.2, 0.25) is 0 Å².